The molecule has 4 rings (SSSR count). The summed E-state index contributed by atoms with van der Waals surface area (Å²) >= 11 is 2.20. The van der Waals surface area contributed by atoms with Crippen molar-refractivity contribution >= 4 is 70.7 Å². The molecule has 9 nitrogen and oxygen atoms in total. The highest BCUT2D eigenvalue weighted by Crippen LogP contribution is 2.29. The largest absolute Gasteiger partial charge is 0.324 e. The molecular formula is C21H16N4O5S3. The van der Waals surface area contributed by atoms with Crippen molar-refractivity contribution in [1.29, 1.82) is 0 Å². The van der Waals surface area contributed by atoms with Gasteiger partial charge in [-0.15, -0.1) is 0 Å². The van der Waals surface area contributed by atoms with Crippen LogP contribution in [0.15, 0.2) is 65.6 Å². The summed E-state index contributed by atoms with van der Waals surface area (Å²) in [5, 5.41) is 13.6. The fourth-order valence-corrected chi connectivity index (χ4v) is 5.76. The number of nitrogens with zero attached hydrogens (tertiary/aromatic N) is 2. The number of aryl methyl sites for hydroxylation is 1. The molecule has 33 heavy (non-hydrogen) atoms. The first-order valence-electron chi connectivity index (χ1n) is 9.43. The number of aromatic nitrogens is 1. The predicted octanol–water partition coefficient (Wildman–Crippen LogP) is 5.03. The van der Waals surface area contributed by atoms with Gasteiger partial charge < -0.3 is 5.32 Å². The average Bonchev–Trinajstić information content (AvgIpc) is 3.38. The van der Waals surface area contributed by atoms with Crippen LogP contribution in [0.5, 0.6) is 0 Å². The molecule has 2 aromatic carbocycles. The molecule has 0 radical (unpaired) electrons. The standard InChI is InChI=1S/C21H16N4O5S3/c1-13-2-9-17-18(12-13)32-21(23-17)24-33(29,30)16-7-3-14(4-8-16)22-19(26)10-5-15-6-11-20(31-15)25(27)28/h2-12H,1H3,(H,22,26)(H,23,24)/b10-5+. The molecule has 1 amide bonds. The number of thiophene rings is 1. The minimum atomic E-state index is -3.85. The molecule has 0 atom stereocenters. The monoisotopic (exact) mass is 500 g/mol. The number of fused-ring (bicyclic) bond motifs is 1. The van der Waals surface area contributed by atoms with Crippen molar-refractivity contribution in [2.45, 2.75) is 11.8 Å². The number of carbonyl (C=O) groups excluding carboxylic acids is 1. The number of rotatable bonds is 7. The molecule has 0 aliphatic carbocycles. The van der Waals surface area contributed by atoms with E-state index in [9.17, 15) is 23.3 Å². The predicted molar refractivity (Wildman–Crippen MR) is 130 cm³/mol. The number of amides is 1. The average molecular weight is 501 g/mol. The fourth-order valence-electron chi connectivity index (χ4n) is 2.84. The number of hydrogen-bond acceptors (Lipinski definition) is 8. The van der Waals surface area contributed by atoms with E-state index in [1.807, 2.05) is 25.1 Å². The Bertz CT molecular complexity index is 1490. The van der Waals surface area contributed by atoms with E-state index in [-0.39, 0.29) is 15.0 Å². The summed E-state index contributed by atoms with van der Waals surface area (Å²) in [6.07, 6.45) is 2.71. The molecule has 2 N–H and O–H groups in total. The van der Waals surface area contributed by atoms with Crippen LogP contribution in [0.3, 0.4) is 0 Å². The Labute approximate surface area is 196 Å². The first-order valence-corrected chi connectivity index (χ1v) is 12.5. The molecule has 0 spiro atoms. The number of nitrogens with one attached hydrogen (secondary N) is 2. The van der Waals surface area contributed by atoms with Gasteiger partial charge in [-0.25, -0.2) is 13.4 Å². The Morgan fingerprint density at radius 2 is 1.85 bits per heavy atom. The Hall–Kier alpha value is -3.61. The molecule has 2 aromatic heterocycles. The highest BCUT2D eigenvalue weighted by Gasteiger charge is 2.17. The van der Waals surface area contributed by atoms with Crippen LogP contribution >= 0.6 is 22.7 Å². The molecule has 4 aromatic rings. The zero-order chi connectivity index (χ0) is 23.6. The first-order chi connectivity index (χ1) is 15.7. The normalized spacial score (nSPS) is 11.7. The lowest BCUT2D eigenvalue weighted by molar-refractivity contribution is -0.380. The third-order valence-electron chi connectivity index (χ3n) is 4.39. The Morgan fingerprint density at radius 3 is 2.55 bits per heavy atom. The topological polar surface area (TPSA) is 131 Å². The summed E-state index contributed by atoms with van der Waals surface area (Å²) in [5.74, 6) is -0.454. The maximum Gasteiger partial charge on any atom is 0.324 e. The van der Waals surface area contributed by atoms with Crippen LogP contribution in [0.4, 0.5) is 15.8 Å². The van der Waals surface area contributed by atoms with Crippen molar-refractivity contribution in [3.8, 4) is 0 Å². The molecule has 0 unspecified atom stereocenters. The molecule has 0 fully saturated rings. The molecular weight excluding hydrogens is 484 g/mol. The van der Waals surface area contributed by atoms with Gasteiger partial charge in [-0.3, -0.25) is 19.6 Å². The van der Waals surface area contributed by atoms with Crippen molar-refractivity contribution in [3.05, 3.63) is 81.2 Å². The Kier molecular flexibility index (Phi) is 6.22. The van der Waals surface area contributed by atoms with E-state index in [0.717, 1.165) is 21.6 Å². The minimum absolute atomic E-state index is 0.0126. The Balaban J connectivity index is 1.41. The van der Waals surface area contributed by atoms with Gasteiger partial charge in [0.05, 0.1) is 20.0 Å². The quantitative estimate of drug-likeness (QED) is 0.208. The first kappa shape index (κ1) is 22.6. The van der Waals surface area contributed by atoms with E-state index in [4.69, 9.17) is 0 Å². The summed E-state index contributed by atoms with van der Waals surface area (Å²) in [6, 6.07) is 14.3. The van der Waals surface area contributed by atoms with Gasteiger partial charge in [-0.1, -0.05) is 28.7 Å². The summed E-state index contributed by atoms with van der Waals surface area (Å²) < 4.78 is 28.8. The molecule has 168 valence electrons. The third kappa shape index (κ3) is 5.42. The second kappa shape index (κ2) is 9.10. The highest BCUT2D eigenvalue weighted by molar-refractivity contribution is 7.93. The smallest absolute Gasteiger partial charge is 0.323 e. The molecule has 12 heteroatoms. The van der Waals surface area contributed by atoms with Gasteiger partial charge in [0.15, 0.2) is 5.13 Å². The number of thiazole rings is 1. The van der Waals surface area contributed by atoms with E-state index in [1.54, 1.807) is 6.07 Å². The zero-order valence-electron chi connectivity index (χ0n) is 17.0. The van der Waals surface area contributed by atoms with Crippen LogP contribution in [0.1, 0.15) is 10.4 Å². The van der Waals surface area contributed by atoms with E-state index < -0.39 is 20.9 Å². The lowest BCUT2D eigenvalue weighted by Crippen LogP contribution is -2.13. The second-order valence-electron chi connectivity index (χ2n) is 6.88. The van der Waals surface area contributed by atoms with Gasteiger partial charge in [-0.2, -0.15) is 0 Å². The molecule has 0 bridgehead atoms. The molecule has 0 saturated carbocycles. The molecule has 0 aliphatic heterocycles. The summed E-state index contributed by atoms with van der Waals surface area (Å²) in [7, 11) is -3.85. The van der Waals surface area contributed by atoms with E-state index in [2.05, 4.69) is 15.0 Å². The number of carbonyl (C=O) groups is 1. The fraction of sp³-hybridized carbons (Fsp3) is 0.0476. The third-order valence-corrected chi connectivity index (χ3v) is 7.81. The summed E-state index contributed by atoms with van der Waals surface area (Å²) in [4.78, 5) is 27.2. The van der Waals surface area contributed by atoms with Crippen LogP contribution in [0, 0.1) is 17.0 Å². The van der Waals surface area contributed by atoms with Crippen molar-refractivity contribution in [2.24, 2.45) is 0 Å². The maximum absolute atomic E-state index is 12.7. The van der Waals surface area contributed by atoms with Crippen molar-refractivity contribution < 1.29 is 18.1 Å². The van der Waals surface area contributed by atoms with Crippen molar-refractivity contribution in [1.82, 2.24) is 4.98 Å². The number of sulfonamides is 1. The minimum Gasteiger partial charge on any atom is -0.323 e. The zero-order valence-corrected chi connectivity index (χ0v) is 19.5. The summed E-state index contributed by atoms with van der Waals surface area (Å²) in [6.45, 7) is 1.95. The van der Waals surface area contributed by atoms with Gasteiger partial charge >= 0.3 is 5.00 Å². The van der Waals surface area contributed by atoms with Gasteiger partial charge in [0.2, 0.25) is 5.91 Å². The number of hydrogen-bond donors (Lipinski definition) is 2. The lowest BCUT2D eigenvalue weighted by atomic mass is 10.2. The summed E-state index contributed by atoms with van der Waals surface area (Å²) in [5.41, 5.74) is 2.17. The SMILES string of the molecule is Cc1ccc2nc(NS(=O)(=O)c3ccc(NC(=O)/C=C/c4ccc([N+](=O)[O-])s4)cc3)sc2c1. The van der Waals surface area contributed by atoms with E-state index in [0.29, 0.717) is 16.1 Å². The van der Waals surface area contributed by atoms with Crippen molar-refractivity contribution in [3.63, 3.8) is 0 Å². The van der Waals surface area contributed by atoms with Gasteiger partial charge in [0.1, 0.15) is 0 Å². The van der Waals surface area contributed by atoms with Crippen LogP contribution in [0.25, 0.3) is 16.3 Å². The van der Waals surface area contributed by atoms with Crippen LogP contribution in [-0.2, 0) is 14.8 Å². The lowest BCUT2D eigenvalue weighted by Gasteiger charge is -2.07. The number of benzene rings is 2. The number of anilines is 2. The molecule has 2 heterocycles. The Morgan fingerprint density at radius 1 is 1.09 bits per heavy atom. The van der Waals surface area contributed by atoms with Gasteiger partial charge in [0.25, 0.3) is 10.0 Å². The highest BCUT2D eigenvalue weighted by atomic mass is 32.2. The van der Waals surface area contributed by atoms with Gasteiger partial charge in [-0.05, 0) is 61.0 Å². The molecule has 0 saturated heterocycles. The van der Waals surface area contributed by atoms with Crippen LogP contribution in [0.2, 0.25) is 0 Å². The second-order valence-corrected chi connectivity index (χ2v) is 10.7. The van der Waals surface area contributed by atoms with E-state index >= 15 is 0 Å². The number of nitro groups is 1. The van der Waals surface area contributed by atoms with Crippen molar-refractivity contribution in [2.75, 3.05) is 10.0 Å². The van der Waals surface area contributed by atoms with Crippen LogP contribution < -0.4 is 10.0 Å². The van der Waals surface area contributed by atoms with Gasteiger partial charge in [0, 0.05) is 22.7 Å². The maximum atomic E-state index is 12.7. The van der Waals surface area contributed by atoms with E-state index in [1.165, 1.54) is 53.8 Å². The van der Waals surface area contributed by atoms with Crippen LogP contribution in [-0.4, -0.2) is 24.2 Å². The molecule has 0 aliphatic rings.